The van der Waals surface area contributed by atoms with E-state index in [1.165, 1.54) is 0 Å². The van der Waals surface area contributed by atoms with Crippen molar-refractivity contribution in [2.75, 3.05) is 12.1 Å². The summed E-state index contributed by atoms with van der Waals surface area (Å²) in [6.07, 6.45) is 1.07. The molecule has 2 aromatic carbocycles. The van der Waals surface area contributed by atoms with Crippen molar-refractivity contribution in [1.82, 2.24) is 0 Å². The van der Waals surface area contributed by atoms with Crippen molar-refractivity contribution >= 4 is 22.9 Å². The lowest BCUT2D eigenvalue weighted by atomic mass is 10.1. The van der Waals surface area contributed by atoms with Gasteiger partial charge in [0.25, 0.3) is 0 Å². The van der Waals surface area contributed by atoms with E-state index in [2.05, 4.69) is 11.4 Å². The van der Waals surface area contributed by atoms with Crippen molar-refractivity contribution < 1.29 is 14.3 Å². The normalized spacial score (nSPS) is 12.2. The largest absolute Gasteiger partial charge is 0.454 e. The smallest absolute Gasteiger partial charge is 0.231 e. The number of benzene rings is 2. The molecular weight excluding hydrogens is 334 g/mol. The maximum atomic E-state index is 12.4. The summed E-state index contributed by atoms with van der Waals surface area (Å²) in [6, 6.07) is 17.8. The van der Waals surface area contributed by atoms with Crippen LogP contribution in [0.3, 0.4) is 0 Å². The second-order valence-electron chi connectivity index (χ2n) is 5.76. The molecule has 0 aliphatic carbocycles. The van der Waals surface area contributed by atoms with Crippen molar-refractivity contribution in [2.24, 2.45) is 0 Å². The van der Waals surface area contributed by atoms with Gasteiger partial charge in [-0.1, -0.05) is 30.3 Å². The summed E-state index contributed by atoms with van der Waals surface area (Å²) in [4.78, 5) is 13.5. The first-order valence-corrected chi connectivity index (χ1v) is 8.99. The fourth-order valence-corrected chi connectivity index (χ4v) is 3.57. The van der Waals surface area contributed by atoms with Crippen LogP contribution in [0.15, 0.2) is 60.0 Å². The molecule has 1 aliphatic heterocycles. The topological polar surface area (TPSA) is 47.6 Å². The number of fused-ring (bicyclic) bond motifs is 1. The molecule has 0 fully saturated rings. The Bertz CT molecular complexity index is 890. The fourth-order valence-electron chi connectivity index (χ4n) is 2.81. The van der Waals surface area contributed by atoms with E-state index >= 15 is 0 Å². The molecule has 1 amide bonds. The number of aryl methyl sites for hydroxylation is 1. The first-order chi connectivity index (χ1) is 12.3. The second kappa shape index (κ2) is 6.99. The highest BCUT2D eigenvalue weighted by Gasteiger charge is 2.14. The van der Waals surface area contributed by atoms with Crippen LogP contribution in [0.2, 0.25) is 0 Å². The maximum absolute atomic E-state index is 12.4. The Morgan fingerprint density at radius 2 is 1.92 bits per heavy atom. The van der Waals surface area contributed by atoms with E-state index in [0.717, 1.165) is 33.2 Å². The molecule has 4 nitrogen and oxygen atoms in total. The number of hydrogen-bond donors (Lipinski definition) is 1. The molecule has 0 bridgehead atoms. The zero-order valence-electron chi connectivity index (χ0n) is 13.5. The molecular formula is C20H17NO3S. The van der Waals surface area contributed by atoms with Crippen LogP contribution in [0.5, 0.6) is 11.5 Å². The minimum absolute atomic E-state index is 0.00155. The quantitative estimate of drug-likeness (QED) is 0.724. The summed E-state index contributed by atoms with van der Waals surface area (Å²) in [5.41, 5.74) is 2.96. The average Bonchev–Trinajstić information content (AvgIpc) is 3.31. The molecule has 1 N–H and O–H groups in total. The molecule has 0 radical (unpaired) electrons. The molecule has 0 saturated carbocycles. The summed E-state index contributed by atoms with van der Waals surface area (Å²) >= 11 is 1.66. The number of anilines is 1. The molecule has 1 aromatic heterocycles. The van der Waals surface area contributed by atoms with Crippen molar-refractivity contribution in [2.45, 2.75) is 12.8 Å². The van der Waals surface area contributed by atoms with E-state index in [9.17, 15) is 4.79 Å². The van der Waals surface area contributed by atoms with E-state index < -0.39 is 0 Å². The van der Waals surface area contributed by atoms with Gasteiger partial charge in [-0.2, -0.15) is 0 Å². The van der Waals surface area contributed by atoms with Gasteiger partial charge in [-0.15, -0.1) is 11.3 Å². The van der Waals surface area contributed by atoms with E-state index in [0.29, 0.717) is 12.8 Å². The standard InChI is InChI=1S/C20H17NO3S/c22-20(10-8-14-7-9-17-18(12-14)24-13-23-17)21-16-5-2-1-4-15(16)19-6-3-11-25-19/h1-7,9,11-12H,8,10,13H2,(H,21,22). The van der Waals surface area contributed by atoms with E-state index in [4.69, 9.17) is 9.47 Å². The molecule has 5 heteroatoms. The van der Waals surface area contributed by atoms with Crippen molar-refractivity contribution in [3.63, 3.8) is 0 Å². The highest BCUT2D eigenvalue weighted by atomic mass is 32.1. The third-order valence-corrected chi connectivity index (χ3v) is 4.97. The van der Waals surface area contributed by atoms with Gasteiger partial charge in [0.05, 0.1) is 0 Å². The van der Waals surface area contributed by atoms with Gasteiger partial charge in [0.15, 0.2) is 11.5 Å². The lowest BCUT2D eigenvalue weighted by molar-refractivity contribution is -0.116. The van der Waals surface area contributed by atoms with E-state index in [1.807, 2.05) is 53.9 Å². The Morgan fingerprint density at radius 3 is 2.80 bits per heavy atom. The van der Waals surface area contributed by atoms with Crippen LogP contribution >= 0.6 is 11.3 Å². The molecule has 2 heterocycles. The second-order valence-corrected chi connectivity index (χ2v) is 6.71. The average molecular weight is 351 g/mol. The Morgan fingerprint density at radius 1 is 1.04 bits per heavy atom. The predicted octanol–water partition coefficient (Wildman–Crippen LogP) is 4.72. The number of carbonyl (C=O) groups is 1. The molecule has 0 spiro atoms. The van der Waals surface area contributed by atoms with Crippen molar-refractivity contribution in [1.29, 1.82) is 0 Å². The van der Waals surface area contributed by atoms with E-state index in [1.54, 1.807) is 11.3 Å². The van der Waals surface area contributed by atoms with Crippen LogP contribution in [0.4, 0.5) is 5.69 Å². The number of thiophene rings is 1. The Balaban J connectivity index is 1.41. The van der Waals surface area contributed by atoms with Gasteiger partial charge in [0.2, 0.25) is 12.7 Å². The van der Waals surface area contributed by atoms with Gasteiger partial charge < -0.3 is 14.8 Å². The van der Waals surface area contributed by atoms with Crippen molar-refractivity contribution in [3.8, 4) is 21.9 Å². The number of hydrogen-bond acceptors (Lipinski definition) is 4. The monoisotopic (exact) mass is 351 g/mol. The van der Waals surface area contributed by atoms with Crippen molar-refractivity contribution in [3.05, 3.63) is 65.5 Å². The highest BCUT2D eigenvalue weighted by molar-refractivity contribution is 7.13. The van der Waals surface area contributed by atoms with E-state index in [-0.39, 0.29) is 12.7 Å². The van der Waals surface area contributed by atoms with Gasteiger partial charge in [0.1, 0.15) is 0 Å². The maximum Gasteiger partial charge on any atom is 0.231 e. The van der Waals surface area contributed by atoms with Gasteiger partial charge in [-0.05, 0) is 41.6 Å². The number of rotatable bonds is 5. The first kappa shape index (κ1) is 15.7. The summed E-state index contributed by atoms with van der Waals surface area (Å²) in [5, 5.41) is 5.07. The number of para-hydroxylation sites is 1. The fraction of sp³-hybridized carbons (Fsp3) is 0.150. The van der Waals surface area contributed by atoms with Crippen LogP contribution in [-0.4, -0.2) is 12.7 Å². The summed E-state index contributed by atoms with van der Waals surface area (Å²) in [7, 11) is 0. The van der Waals surface area contributed by atoms with Gasteiger partial charge >= 0.3 is 0 Å². The van der Waals surface area contributed by atoms with Crippen LogP contribution in [-0.2, 0) is 11.2 Å². The van der Waals surface area contributed by atoms with Crippen LogP contribution in [0.1, 0.15) is 12.0 Å². The number of nitrogens with one attached hydrogen (secondary N) is 1. The Kier molecular flexibility index (Phi) is 4.39. The Hall–Kier alpha value is -2.79. The van der Waals surface area contributed by atoms with Gasteiger partial charge in [0, 0.05) is 22.5 Å². The number of ether oxygens (including phenoxy) is 2. The van der Waals surface area contributed by atoms with Crippen LogP contribution in [0.25, 0.3) is 10.4 Å². The molecule has 126 valence electrons. The van der Waals surface area contributed by atoms with Gasteiger partial charge in [-0.25, -0.2) is 0 Å². The summed E-state index contributed by atoms with van der Waals surface area (Å²) in [5.74, 6) is 1.51. The number of carbonyl (C=O) groups excluding carboxylic acids is 1. The Labute approximate surface area is 150 Å². The van der Waals surface area contributed by atoms with Gasteiger partial charge in [-0.3, -0.25) is 4.79 Å². The lowest BCUT2D eigenvalue weighted by Gasteiger charge is -2.10. The highest BCUT2D eigenvalue weighted by Crippen LogP contribution is 2.33. The summed E-state index contributed by atoms with van der Waals surface area (Å²) in [6.45, 7) is 0.263. The molecule has 0 saturated heterocycles. The molecule has 1 aliphatic rings. The number of amides is 1. The zero-order valence-corrected chi connectivity index (χ0v) is 14.3. The molecule has 25 heavy (non-hydrogen) atoms. The SMILES string of the molecule is O=C(CCc1ccc2c(c1)OCO2)Nc1ccccc1-c1cccs1. The van der Waals surface area contributed by atoms with Crippen LogP contribution in [0, 0.1) is 0 Å². The third kappa shape index (κ3) is 3.51. The third-order valence-electron chi connectivity index (χ3n) is 4.07. The molecule has 4 rings (SSSR count). The minimum Gasteiger partial charge on any atom is -0.454 e. The minimum atomic E-state index is 0.00155. The zero-order chi connectivity index (χ0) is 17.1. The predicted molar refractivity (Wildman–Crippen MR) is 99.3 cm³/mol. The molecule has 3 aromatic rings. The van der Waals surface area contributed by atoms with Crippen LogP contribution < -0.4 is 14.8 Å². The molecule has 0 unspecified atom stereocenters. The first-order valence-electron chi connectivity index (χ1n) is 8.11. The lowest BCUT2D eigenvalue weighted by Crippen LogP contribution is -2.13. The molecule has 0 atom stereocenters. The summed E-state index contributed by atoms with van der Waals surface area (Å²) < 4.78 is 10.7.